The molecule has 2 amide bonds. The first kappa shape index (κ1) is 17.0. The molecule has 2 saturated carbocycles. The van der Waals surface area contributed by atoms with Crippen molar-refractivity contribution in [2.24, 2.45) is 16.7 Å². The van der Waals surface area contributed by atoms with E-state index in [1.165, 1.54) is 13.5 Å². The van der Waals surface area contributed by atoms with Crippen LogP contribution in [0, 0.1) is 16.7 Å². The van der Waals surface area contributed by atoms with Crippen molar-refractivity contribution in [3.8, 4) is 0 Å². The lowest BCUT2D eigenvalue weighted by molar-refractivity contribution is 0.119. The molecule has 1 heterocycles. The molecular weight excluding hydrogens is 314 g/mol. The summed E-state index contributed by atoms with van der Waals surface area (Å²) in [6.07, 6.45) is 3.96. The van der Waals surface area contributed by atoms with Crippen molar-refractivity contribution in [1.82, 2.24) is 14.9 Å². The first-order valence-electron chi connectivity index (χ1n) is 8.59. The summed E-state index contributed by atoms with van der Waals surface area (Å²) in [5.74, 6) is 0.675. The fraction of sp³-hybridized carbons (Fsp3) is 0.938. The van der Waals surface area contributed by atoms with Crippen LogP contribution in [0.1, 0.15) is 46.5 Å². The highest BCUT2D eigenvalue weighted by Crippen LogP contribution is 2.65. The van der Waals surface area contributed by atoms with Gasteiger partial charge in [-0.3, -0.25) is 0 Å². The Kier molecular flexibility index (Phi) is 3.95. The second kappa shape index (κ2) is 5.34. The van der Waals surface area contributed by atoms with Crippen LogP contribution in [0.3, 0.4) is 0 Å². The molecule has 7 heteroatoms. The molecular formula is C16H29N3O3S. The van der Waals surface area contributed by atoms with Crippen molar-refractivity contribution in [2.75, 3.05) is 20.1 Å². The van der Waals surface area contributed by atoms with Crippen LogP contribution in [-0.2, 0) is 10.0 Å². The van der Waals surface area contributed by atoms with Crippen LogP contribution in [0.5, 0.6) is 0 Å². The van der Waals surface area contributed by atoms with Crippen LogP contribution in [0.4, 0.5) is 4.79 Å². The van der Waals surface area contributed by atoms with E-state index in [0.29, 0.717) is 18.9 Å². The Labute approximate surface area is 139 Å². The number of amides is 2. The minimum atomic E-state index is -3.30. The SMILES string of the molecule is CNS(=O)(=O)[C@H]1CCN(C(=O)N[C@H]2C[C@H]3CC[C@@]2(C)C3(C)C)C1. The smallest absolute Gasteiger partial charge is 0.317 e. The fourth-order valence-electron chi connectivity index (χ4n) is 4.99. The minimum Gasteiger partial charge on any atom is -0.335 e. The monoisotopic (exact) mass is 343 g/mol. The van der Waals surface area contributed by atoms with Crippen LogP contribution in [0.25, 0.3) is 0 Å². The van der Waals surface area contributed by atoms with Gasteiger partial charge in [-0.2, -0.15) is 0 Å². The number of carbonyl (C=O) groups excluding carboxylic acids is 1. The van der Waals surface area contributed by atoms with Gasteiger partial charge in [-0.25, -0.2) is 17.9 Å². The van der Waals surface area contributed by atoms with E-state index in [1.807, 2.05) is 0 Å². The third kappa shape index (κ3) is 2.47. The molecule has 3 aliphatic rings. The molecule has 3 rings (SSSR count). The van der Waals surface area contributed by atoms with Gasteiger partial charge in [-0.05, 0) is 49.5 Å². The molecule has 1 saturated heterocycles. The molecule has 0 unspecified atom stereocenters. The van der Waals surface area contributed by atoms with Crippen LogP contribution in [0.2, 0.25) is 0 Å². The number of nitrogens with one attached hydrogen (secondary N) is 2. The summed E-state index contributed by atoms with van der Waals surface area (Å²) in [5, 5.41) is 2.72. The highest BCUT2D eigenvalue weighted by atomic mass is 32.2. The molecule has 2 N–H and O–H groups in total. The Morgan fingerprint density at radius 1 is 1.22 bits per heavy atom. The lowest BCUT2D eigenvalue weighted by Gasteiger charge is -2.40. The van der Waals surface area contributed by atoms with Crippen LogP contribution < -0.4 is 10.0 Å². The number of fused-ring (bicyclic) bond motifs is 2. The average Bonchev–Trinajstić information content (AvgIpc) is 3.11. The van der Waals surface area contributed by atoms with Gasteiger partial charge in [0.1, 0.15) is 0 Å². The molecule has 1 aliphatic heterocycles. The van der Waals surface area contributed by atoms with Gasteiger partial charge in [0.05, 0.1) is 5.25 Å². The van der Waals surface area contributed by atoms with E-state index in [-0.39, 0.29) is 29.4 Å². The number of nitrogens with zero attached hydrogens (tertiary/aromatic N) is 1. The maximum atomic E-state index is 12.6. The van der Waals surface area contributed by atoms with Gasteiger partial charge in [0.15, 0.2) is 0 Å². The summed E-state index contributed by atoms with van der Waals surface area (Å²) in [6.45, 7) is 7.73. The predicted octanol–water partition coefficient (Wildman–Crippen LogP) is 1.53. The van der Waals surface area contributed by atoms with Crippen LogP contribution in [0.15, 0.2) is 0 Å². The minimum absolute atomic E-state index is 0.103. The highest BCUT2D eigenvalue weighted by Gasteiger charge is 2.61. The van der Waals surface area contributed by atoms with Gasteiger partial charge in [0, 0.05) is 19.1 Å². The number of sulfonamides is 1. The first-order valence-corrected chi connectivity index (χ1v) is 10.1. The van der Waals surface area contributed by atoms with Crippen molar-refractivity contribution in [1.29, 1.82) is 0 Å². The fourth-order valence-corrected chi connectivity index (χ4v) is 6.12. The molecule has 0 spiro atoms. The summed E-state index contributed by atoms with van der Waals surface area (Å²) in [7, 11) is -1.88. The number of hydrogen-bond donors (Lipinski definition) is 2. The quantitative estimate of drug-likeness (QED) is 0.816. The van der Waals surface area contributed by atoms with E-state index >= 15 is 0 Å². The average molecular weight is 343 g/mol. The van der Waals surface area contributed by atoms with Crippen molar-refractivity contribution in [2.45, 2.75) is 57.7 Å². The van der Waals surface area contributed by atoms with Gasteiger partial charge < -0.3 is 10.2 Å². The Morgan fingerprint density at radius 3 is 2.43 bits per heavy atom. The van der Waals surface area contributed by atoms with Crippen molar-refractivity contribution < 1.29 is 13.2 Å². The van der Waals surface area contributed by atoms with Crippen LogP contribution in [-0.4, -0.2) is 50.8 Å². The summed E-state index contributed by atoms with van der Waals surface area (Å²) < 4.78 is 26.1. The molecule has 132 valence electrons. The standard InChI is InChI=1S/C16H29N3O3S/c1-15(2)11-5-7-16(15,3)13(9-11)18-14(20)19-8-6-12(10-19)23(21,22)17-4/h11-13,17H,5-10H2,1-4H3,(H,18,20)/t11-,12+,13+,16-/m1/s1. The maximum absolute atomic E-state index is 12.6. The first-order chi connectivity index (χ1) is 10.6. The molecule has 6 nitrogen and oxygen atoms in total. The zero-order chi connectivity index (χ0) is 17.0. The molecule has 0 radical (unpaired) electrons. The lowest BCUT2D eigenvalue weighted by atomic mass is 9.69. The zero-order valence-electron chi connectivity index (χ0n) is 14.6. The normalized spacial score (nSPS) is 39.0. The van der Waals surface area contributed by atoms with Gasteiger partial charge >= 0.3 is 6.03 Å². The Hall–Kier alpha value is -0.820. The number of rotatable bonds is 3. The second-order valence-electron chi connectivity index (χ2n) is 8.22. The maximum Gasteiger partial charge on any atom is 0.317 e. The zero-order valence-corrected chi connectivity index (χ0v) is 15.4. The number of urea groups is 1. The largest absolute Gasteiger partial charge is 0.335 e. The van der Waals surface area contributed by atoms with Gasteiger partial charge in [0.2, 0.25) is 10.0 Å². The number of hydrogen-bond acceptors (Lipinski definition) is 3. The predicted molar refractivity (Wildman–Crippen MR) is 89.5 cm³/mol. The second-order valence-corrected chi connectivity index (χ2v) is 10.4. The van der Waals surface area contributed by atoms with E-state index in [1.54, 1.807) is 4.90 Å². The van der Waals surface area contributed by atoms with E-state index in [0.717, 1.165) is 12.8 Å². The van der Waals surface area contributed by atoms with Crippen molar-refractivity contribution >= 4 is 16.1 Å². The van der Waals surface area contributed by atoms with Crippen molar-refractivity contribution in [3.63, 3.8) is 0 Å². The van der Waals surface area contributed by atoms with E-state index in [9.17, 15) is 13.2 Å². The molecule has 0 aromatic heterocycles. The number of carbonyl (C=O) groups is 1. The summed E-state index contributed by atoms with van der Waals surface area (Å²) in [5.41, 5.74) is 0.400. The third-order valence-corrected chi connectivity index (χ3v) is 9.08. The lowest BCUT2D eigenvalue weighted by Crippen LogP contribution is -2.51. The highest BCUT2D eigenvalue weighted by molar-refractivity contribution is 7.90. The molecule has 0 aromatic carbocycles. The topological polar surface area (TPSA) is 78.5 Å². The van der Waals surface area contributed by atoms with Crippen molar-refractivity contribution in [3.05, 3.63) is 0 Å². The van der Waals surface area contributed by atoms with Crippen LogP contribution >= 0.6 is 0 Å². The van der Waals surface area contributed by atoms with Gasteiger partial charge in [0.25, 0.3) is 0 Å². The molecule has 0 aromatic rings. The van der Waals surface area contributed by atoms with E-state index in [2.05, 4.69) is 30.8 Å². The summed E-state index contributed by atoms with van der Waals surface area (Å²) in [6, 6.07) is 0.0945. The Morgan fingerprint density at radius 2 is 1.91 bits per heavy atom. The summed E-state index contributed by atoms with van der Waals surface area (Å²) in [4.78, 5) is 14.2. The third-order valence-electron chi connectivity index (χ3n) is 7.25. The molecule has 2 bridgehead atoms. The van der Waals surface area contributed by atoms with Gasteiger partial charge in [-0.1, -0.05) is 20.8 Å². The van der Waals surface area contributed by atoms with E-state index < -0.39 is 15.3 Å². The Balaban J connectivity index is 1.64. The van der Waals surface area contributed by atoms with E-state index in [4.69, 9.17) is 0 Å². The van der Waals surface area contributed by atoms with Gasteiger partial charge in [-0.15, -0.1) is 0 Å². The summed E-state index contributed by atoms with van der Waals surface area (Å²) >= 11 is 0. The molecule has 3 fully saturated rings. The molecule has 23 heavy (non-hydrogen) atoms. The molecule has 2 aliphatic carbocycles. The Bertz CT molecular complexity index is 604. The molecule has 4 atom stereocenters. The number of likely N-dealkylation sites (tertiary alicyclic amines) is 1.